The van der Waals surface area contributed by atoms with Crippen LogP contribution >= 0.6 is 0 Å². The number of hydrogen-bond acceptors (Lipinski definition) is 3. The van der Waals surface area contributed by atoms with Crippen molar-refractivity contribution in [1.82, 2.24) is 10.6 Å². The Morgan fingerprint density at radius 3 is 3.21 bits per heavy atom. The maximum atomic E-state index is 5.01. The molecule has 1 aliphatic rings. The van der Waals surface area contributed by atoms with Crippen molar-refractivity contribution in [1.29, 1.82) is 0 Å². The fourth-order valence-corrected chi connectivity index (χ4v) is 1.92. The van der Waals surface area contributed by atoms with Crippen LogP contribution in [0.1, 0.15) is 18.9 Å². The molecule has 1 fully saturated rings. The van der Waals surface area contributed by atoms with Crippen LogP contribution in [0, 0.1) is 5.41 Å². The highest BCUT2D eigenvalue weighted by Gasteiger charge is 2.27. The summed E-state index contributed by atoms with van der Waals surface area (Å²) < 4.78 is 5.01. The van der Waals surface area contributed by atoms with E-state index in [9.17, 15) is 0 Å². The lowest BCUT2D eigenvalue weighted by Crippen LogP contribution is -2.33. The van der Waals surface area contributed by atoms with Gasteiger partial charge in [0.2, 0.25) is 0 Å². The highest BCUT2D eigenvalue weighted by molar-refractivity contribution is 5.04. The lowest BCUT2D eigenvalue weighted by atomic mass is 9.90. The largest absolute Gasteiger partial charge is 0.472 e. The molecule has 1 aliphatic heterocycles. The summed E-state index contributed by atoms with van der Waals surface area (Å²) in [5, 5.41) is 6.87. The molecule has 1 atom stereocenters. The maximum absolute atomic E-state index is 5.01. The van der Waals surface area contributed by atoms with Crippen molar-refractivity contribution < 1.29 is 4.42 Å². The highest BCUT2D eigenvalue weighted by Crippen LogP contribution is 2.23. The minimum absolute atomic E-state index is 0.434. The normalized spacial score (nSPS) is 26.9. The Balaban J connectivity index is 1.72. The average Bonchev–Trinajstić information content (AvgIpc) is 2.77. The van der Waals surface area contributed by atoms with Crippen molar-refractivity contribution in [3.05, 3.63) is 24.2 Å². The fourth-order valence-electron chi connectivity index (χ4n) is 1.92. The zero-order valence-corrected chi connectivity index (χ0v) is 8.68. The van der Waals surface area contributed by atoms with Crippen LogP contribution in [-0.2, 0) is 6.54 Å². The molecular weight excluding hydrogens is 176 g/mol. The van der Waals surface area contributed by atoms with E-state index in [1.807, 2.05) is 6.07 Å². The number of furan rings is 1. The summed E-state index contributed by atoms with van der Waals surface area (Å²) in [5.74, 6) is 0. The van der Waals surface area contributed by atoms with Crippen molar-refractivity contribution in [2.75, 3.05) is 19.6 Å². The molecule has 14 heavy (non-hydrogen) atoms. The van der Waals surface area contributed by atoms with Gasteiger partial charge in [-0.1, -0.05) is 6.92 Å². The maximum Gasteiger partial charge on any atom is 0.0947 e. The highest BCUT2D eigenvalue weighted by atomic mass is 16.3. The molecule has 0 aliphatic carbocycles. The lowest BCUT2D eigenvalue weighted by Gasteiger charge is -2.22. The molecule has 0 aromatic carbocycles. The molecule has 0 saturated carbocycles. The van der Waals surface area contributed by atoms with Crippen LogP contribution < -0.4 is 10.6 Å². The molecule has 1 saturated heterocycles. The minimum Gasteiger partial charge on any atom is -0.472 e. The van der Waals surface area contributed by atoms with Gasteiger partial charge in [0.05, 0.1) is 12.5 Å². The smallest absolute Gasteiger partial charge is 0.0947 e. The predicted octanol–water partition coefficient (Wildman–Crippen LogP) is 1.37. The third-order valence-corrected chi connectivity index (χ3v) is 2.92. The second-order valence-electron chi connectivity index (χ2n) is 4.47. The first-order valence-corrected chi connectivity index (χ1v) is 5.21. The zero-order valence-electron chi connectivity index (χ0n) is 8.68. The molecule has 0 bridgehead atoms. The summed E-state index contributed by atoms with van der Waals surface area (Å²) in [6, 6.07) is 2.00. The molecule has 1 aromatic rings. The topological polar surface area (TPSA) is 37.2 Å². The van der Waals surface area contributed by atoms with Crippen LogP contribution in [0.2, 0.25) is 0 Å². The van der Waals surface area contributed by atoms with Gasteiger partial charge in [0.15, 0.2) is 0 Å². The van der Waals surface area contributed by atoms with Gasteiger partial charge in [-0.3, -0.25) is 0 Å². The van der Waals surface area contributed by atoms with Crippen LogP contribution in [-0.4, -0.2) is 19.6 Å². The lowest BCUT2D eigenvalue weighted by molar-refractivity contribution is 0.339. The van der Waals surface area contributed by atoms with E-state index < -0.39 is 0 Å². The van der Waals surface area contributed by atoms with Crippen molar-refractivity contribution in [2.45, 2.75) is 19.9 Å². The van der Waals surface area contributed by atoms with E-state index >= 15 is 0 Å². The van der Waals surface area contributed by atoms with Gasteiger partial charge in [-0.15, -0.1) is 0 Å². The SMILES string of the molecule is CC1(CNCc2ccoc2)CCNC1. The van der Waals surface area contributed by atoms with Crippen molar-refractivity contribution >= 4 is 0 Å². The van der Waals surface area contributed by atoms with Crippen LogP contribution in [0.15, 0.2) is 23.0 Å². The molecule has 78 valence electrons. The van der Waals surface area contributed by atoms with Gasteiger partial charge in [-0.2, -0.15) is 0 Å². The van der Waals surface area contributed by atoms with Gasteiger partial charge >= 0.3 is 0 Å². The van der Waals surface area contributed by atoms with Gasteiger partial charge in [-0.05, 0) is 24.4 Å². The Bertz CT molecular complexity index is 263. The first-order valence-electron chi connectivity index (χ1n) is 5.21. The molecule has 1 aromatic heterocycles. The Morgan fingerprint density at radius 2 is 2.57 bits per heavy atom. The van der Waals surface area contributed by atoms with Gasteiger partial charge in [0, 0.05) is 25.2 Å². The molecule has 0 amide bonds. The van der Waals surface area contributed by atoms with Crippen LogP contribution in [0.5, 0.6) is 0 Å². The van der Waals surface area contributed by atoms with Crippen LogP contribution in [0.3, 0.4) is 0 Å². The number of rotatable bonds is 4. The van der Waals surface area contributed by atoms with Gasteiger partial charge in [-0.25, -0.2) is 0 Å². The van der Waals surface area contributed by atoms with Crippen LogP contribution in [0.4, 0.5) is 0 Å². The molecule has 2 rings (SSSR count). The summed E-state index contributed by atoms with van der Waals surface area (Å²) in [7, 11) is 0. The average molecular weight is 194 g/mol. The van der Waals surface area contributed by atoms with Crippen LogP contribution in [0.25, 0.3) is 0 Å². The van der Waals surface area contributed by atoms with Gasteiger partial charge in [0.25, 0.3) is 0 Å². The predicted molar refractivity (Wildman–Crippen MR) is 56.0 cm³/mol. The molecule has 2 N–H and O–H groups in total. The van der Waals surface area contributed by atoms with E-state index in [2.05, 4.69) is 17.6 Å². The van der Waals surface area contributed by atoms with E-state index in [4.69, 9.17) is 4.42 Å². The Kier molecular flexibility index (Phi) is 2.89. The fraction of sp³-hybridized carbons (Fsp3) is 0.636. The second kappa shape index (κ2) is 4.15. The second-order valence-corrected chi connectivity index (χ2v) is 4.47. The zero-order chi connectivity index (χ0) is 9.86. The van der Waals surface area contributed by atoms with E-state index in [1.54, 1.807) is 12.5 Å². The van der Waals surface area contributed by atoms with Gasteiger partial charge < -0.3 is 15.1 Å². The Hall–Kier alpha value is -0.800. The molecule has 1 unspecified atom stereocenters. The molecule has 3 heteroatoms. The monoisotopic (exact) mass is 194 g/mol. The molecule has 3 nitrogen and oxygen atoms in total. The summed E-state index contributed by atoms with van der Waals surface area (Å²) in [6.07, 6.45) is 4.78. The van der Waals surface area contributed by atoms with E-state index in [0.29, 0.717) is 5.41 Å². The summed E-state index contributed by atoms with van der Waals surface area (Å²) >= 11 is 0. The number of nitrogens with one attached hydrogen (secondary N) is 2. The van der Waals surface area contributed by atoms with Crippen molar-refractivity contribution in [2.24, 2.45) is 5.41 Å². The van der Waals surface area contributed by atoms with Crippen molar-refractivity contribution in [3.63, 3.8) is 0 Å². The third-order valence-electron chi connectivity index (χ3n) is 2.92. The Labute approximate surface area is 84.9 Å². The van der Waals surface area contributed by atoms with Crippen molar-refractivity contribution in [3.8, 4) is 0 Å². The minimum atomic E-state index is 0.434. The molecule has 0 spiro atoms. The standard InChI is InChI=1S/C11H18N2O/c1-11(3-4-12-8-11)9-13-6-10-2-5-14-7-10/h2,5,7,12-13H,3-4,6,8-9H2,1H3. The summed E-state index contributed by atoms with van der Waals surface area (Å²) in [4.78, 5) is 0. The number of hydrogen-bond donors (Lipinski definition) is 2. The van der Waals surface area contributed by atoms with E-state index in [0.717, 1.165) is 26.2 Å². The molecule has 0 radical (unpaired) electrons. The third kappa shape index (κ3) is 2.36. The molecule has 2 heterocycles. The first-order chi connectivity index (χ1) is 6.79. The quantitative estimate of drug-likeness (QED) is 0.760. The Morgan fingerprint density at radius 1 is 1.64 bits per heavy atom. The molecular formula is C11H18N2O. The summed E-state index contributed by atoms with van der Waals surface area (Å²) in [5.41, 5.74) is 1.66. The van der Waals surface area contributed by atoms with Gasteiger partial charge in [0.1, 0.15) is 0 Å². The first kappa shape index (κ1) is 9.74. The van der Waals surface area contributed by atoms with E-state index in [1.165, 1.54) is 12.0 Å². The summed E-state index contributed by atoms with van der Waals surface area (Å²) in [6.45, 7) is 6.60. The van der Waals surface area contributed by atoms with E-state index in [-0.39, 0.29) is 0 Å².